The van der Waals surface area contributed by atoms with E-state index < -0.39 is 0 Å². The zero-order valence-corrected chi connectivity index (χ0v) is 13.8. The van der Waals surface area contributed by atoms with Crippen molar-refractivity contribution in [3.8, 4) is 11.5 Å². The fraction of sp³-hybridized carbons (Fsp3) is 0.500. The van der Waals surface area contributed by atoms with E-state index in [0.717, 1.165) is 11.3 Å². The largest absolute Gasteiger partial charge is 0.454 e. The first kappa shape index (κ1) is 17.1. The molecular formula is C16H24N3O4+. The number of ether oxygens (including phenoxy) is 2. The van der Waals surface area contributed by atoms with Crippen molar-refractivity contribution >= 4 is 17.5 Å². The van der Waals surface area contributed by atoms with Gasteiger partial charge in [0, 0.05) is 18.3 Å². The van der Waals surface area contributed by atoms with Gasteiger partial charge in [0.15, 0.2) is 24.1 Å². The lowest BCUT2D eigenvalue weighted by molar-refractivity contribution is -0.885. The van der Waals surface area contributed by atoms with Crippen molar-refractivity contribution in [1.82, 2.24) is 5.32 Å². The highest BCUT2D eigenvalue weighted by molar-refractivity contribution is 5.94. The fourth-order valence-corrected chi connectivity index (χ4v) is 2.18. The Kier molecular flexibility index (Phi) is 5.81. The van der Waals surface area contributed by atoms with Crippen molar-refractivity contribution in [2.24, 2.45) is 0 Å². The summed E-state index contributed by atoms with van der Waals surface area (Å²) in [5.74, 6) is 1.10. The molecule has 0 saturated carbocycles. The zero-order chi connectivity index (χ0) is 16.8. The maximum absolute atomic E-state index is 12.3. The monoisotopic (exact) mass is 322 g/mol. The number of hydrogen-bond acceptors (Lipinski definition) is 4. The van der Waals surface area contributed by atoms with Crippen molar-refractivity contribution in [3.05, 3.63) is 18.2 Å². The van der Waals surface area contributed by atoms with Crippen molar-refractivity contribution in [3.63, 3.8) is 0 Å². The second-order valence-corrected chi connectivity index (χ2v) is 5.65. The van der Waals surface area contributed by atoms with E-state index in [2.05, 4.69) is 10.6 Å². The van der Waals surface area contributed by atoms with Crippen molar-refractivity contribution in [2.75, 3.05) is 32.2 Å². The number of likely N-dealkylation sites (N-methyl/N-ethyl adjacent to an activating group) is 1. The molecule has 1 unspecified atom stereocenters. The first-order valence-electron chi connectivity index (χ1n) is 7.80. The summed E-state index contributed by atoms with van der Waals surface area (Å²) >= 11 is 0. The first-order valence-corrected chi connectivity index (χ1v) is 7.80. The predicted molar refractivity (Wildman–Crippen MR) is 85.7 cm³/mol. The Bertz CT molecular complexity index is 576. The van der Waals surface area contributed by atoms with Gasteiger partial charge in [-0.1, -0.05) is 6.92 Å². The molecule has 126 valence electrons. The first-order chi connectivity index (χ1) is 11.0. The second-order valence-electron chi connectivity index (χ2n) is 5.65. The number of anilines is 1. The van der Waals surface area contributed by atoms with E-state index in [1.165, 1.54) is 0 Å². The van der Waals surface area contributed by atoms with E-state index in [9.17, 15) is 9.59 Å². The smallest absolute Gasteiger partial charge is 0.282 e. The molecule has 23 heavy (non-hydrogen) atoms. The Balaban J connectivity index is 1.88. The van der Waals surface area contributed by atoms with Crippen LogP contribution in [0.5, 0.6) is 11.5 Å². The van der Waals surface area contributed by atoms with Gasteiger partial charge in [0.05, 0.1) is 7.05 Å². The predicted octanol–water partition coefficient (Wildman–Crippen LogP) is -0.217. The lowest BCUT2D eigenvalue weighted by atomic mass is 10.2. The van der Waals surface area contributed by atoms with Crippen LogP contribution in [0.2, 0.25) is 0 Å². The Labute approximate surface area is 135 Å². The molecule has 2 atom stereocenters. The van der Waals surface area contributed by atoms with Crippen LogP contribution in [-0.4, -0.2) is 44.8 Å². The molecule has 0 bridgehead atoms. The van der Waals surface area contributed by atoms with Gasteiger partial charge in [-0.15, -0.1) is 0 Å². The maximum atomic E-state index is 12.3. The molecule has 0 fully saturated rings. The van der Waals surface area contributed by atoms with Gasteiger partial charge in [-0.3, -0.25) is 9.59 Å². The lowest BCUT2D eigenvalue weighted by Crippen LogP contribution is -3.15. The van der Waals surface area contributed by atoms with Crippen molar-refractivity contribution in [1.29, 1.82) is 0 Å². The number of amides is 2. The normalized spacial score (nSPS) is 14.9. The van der Waals surface area contributed by atoms with Gasteiger partial charge in [-0.2, -0.15) is 0 Å². The third-order valence-electron chi connectivity index (χ3n) is 3.78. The van der Waals surface area contributed by atoms with E-state index in [0.29, 0.717) is 23.7 Å². The number of benzene rings is 1. The number of carbonyl (C=O) groups excluding carboxylic acids is 2. The standard InChI is InChI=1S/C16H23N3O4/c1-4-7-17-15(20)9-19(3)11(2)16(21)18-12-5-6-13-14(8-12)23-10-22-13/h5-6,8,11H,4,7,9-10H2,1-3H3,(H,17,20)(H,18,21)/p+1/t11-/m0/s1. The van der Waals surface area contributed by atoms with Crippen LogP contribution in [0.3, 0.4) is 0 Å². The summed E-state index contributed by atoms with van der Waals surface area (Å²) in [5, 5.41) is 5.65. The molecule has 1 aliphatic rings. The van der Waals surface area contributed by atoms with Gasteiger partial charge >= 0.3 is 0 Å². The molecule has 0 aliphatic carbocycles. The van der Waals surface area contributed by atoms with Gasteiger partial charge in [0.1, 0.15) is 0 Å². The third-order valence-corrected chi connectivity index (χ3v) is 3.78. The molecular weight excluding hydrogens is 298 g/mol. The van der Waals surface area contributed by atoms with Gasteiger partial charge in [-0.25, -0.2) is 0 Å². The van der Waals surface area contributed by atoms with E-state index in [1.54, 1.807) is 25.1 Å². The molecule has 0 radical (unpaired) electrons. The SMILES string of the molecule is CCCNC(=O)C[NH+](C)[C@@H](C)C(=O)Nc1ccc2c(c1)OCO2. The quantitative estimate of drug-likeness (QED) is 0.648. The lowest BCUT2D eigenvalue weighted by Gasteiger charge is -2.20. The molecule has 1 aromatic carbocycles. The van der Waals surface area contributed by atoms with Crippen LogP contribution in [0.1, 0.15) is 20.3 Å². The summed E-state index contributed by atoms with van der Waals surface area (Å²) in [6.07, 6.45) is 0.894. The summed E-state index contributed by atoms with van der Waals surface area (Å²) in [7, 11) is 1.83. The summed E-state index contributed by atoms with van der Waals surface area (Å²) in [6.45, 7) is 4.91. The molecule has 7 heteroatoms. The number of rotatable bonds is 7. The number of carbonyl (C=O) groups is 2. The summed E-state index contributed by atoms with van der Waals surface area (Å²) in [4.78, 5) is 24.9. The minimum Gasteiger partial charge on any atom is -0.454 e. The van der Waals surface area contributed by atoms with Crippen molar-refractivity contribution in [2.45, 2.75) is 26.3 Å². The van der Waals surface area contributed by atoms with Gasteiger partial charge < -0.3 is 25.0 Å². The molecule has 7 nitrogen and oxygen atoms in total. The van der Waals surface area contributed by atoms with Gasteiger partial charge in [0.2, 0.25) is 6.79 Å². The molecule has 1 aliphatic heterocycles. The Morgan fingerprint density at radius 1 is 1.30 bits per heavy atom. The second kappa shape index (κ2) is 7.82. The van der Waals surface area contributed by atoms with Crippen LogP contribution in [0.25, 0.3) is 0 Å². The highest BCUT2D eigenvalue weighted by Crippen LogP contribution is 2.34. The molecule has 3 N–H and O–H groups in total. The summed E-state index contributed by atoms with van der Waals surface area (Å²) < 4.78 is 10.5. The van der Waals surface area contributed by atoms with Crippen LogP contribution in [0, 0.1) is 0 Å². The minimum absolute atomic E-state index is 0.0490. The highest BCUT2D eigenvalue weighted by Gasteiger charge is 2.24. The maximum Gasteiger partial charge on any atom is 0.282 e. The average Bonchev–Trinajstić information content (AvgIpc) is 2.99. The number of quaternary nitrogens is 1. The number of fused-ring (bicyclic) bond motifs is 1. The van der Waals surface area contributed by atoms with Crippen LogP contribution >= 0.6 is 0 Å². The Hall–Kier alpha value is -2.28. The van der Waals surface area contributed by atoms with E-state index in [1.807, 2.05) is 14.0 Å². The highest BCUT2D eigenvalue weighted by atomic mass is 16.7. The third kappa shape index (κ3) is 4.59. The van der Waals surface area contributed by atoms with Crippen LogP contribution < -0.4 is 25.0 Å². The number of nitrogens with one attached hydrogen (secondary N) is 3. The molecule has 2 rings (SSSR count). The van der Waals surface area contributed by atoms with Gasteiger partial charge in [-0.05, 0) is 25.5 Å². The molecule has 0 spiro atoms. The zero-order valence-electron chi connectivity index (χ0n) is 13.8. The van der Waals surface area contributed by atoms with Gasteiger partial charge in [0.25, 0.3) is 11.8 Å². The van der Waals surface area contributed by atoms with E-state index in [-0.39, 0.29) is 31.2 Å². The van der Waals surface area contributed by atoms with E-state index >= 15 is 0 Å². The van der Waals surface area contributed by atoms with Crippen LogP contribution in [0.15, 0.2) is 18.2 Å². The van der Waals surface area contributed by atoms with Crippen LogP contribution in [0.4, 0.5) is 5.69 Å². The Morgan fingerprint density at radius 3 is 2.78 bits per heavy atom. The topological polar surface area (TPSA) is 81.1 Å². The van der Waals surface area contributed by atoms with Crippen molar-refractivity contribution < 1.29 is 24.0 Å². The summed E-state index contributed by atoms with van der Waals surface area (Å²) in [5.41, 5.74) is 0.648. The molecule has 0 saturated heterocycles. The fourth-order valence-electron chi connectivity index (χ4n) is 2.18. The van der Waals surface area contributed by atoms with E-state index in [4.69, 9.17) is 9.47 Å². The molecule has 1 aromatic rings. The average molecular weight is 322 g/mol. The molecule has 1 heterocycles. The molecule has 2 amide bonds. The Morgan fingerprint density at radius 2 is 2.04 bits per heavy atom. The van der Waals surface area contributed by atoms with Crippen LogP contribution in [-0.2, 0) is 9.59 Å². The summed E-state index contributed by atoms with van der Waals surface area (Å²) in [6, 6.07) is 4.91. The number of hydrogen-bond donors (Lipinski definition) is 3. The minimum atomic E-state index is -0.354. The molecule has 0 aromatic heterocycles.